The number of nitrogens with zero attached hydrogens (tertiary/aromatic N) is 3. The van der Waals surface area contributed by atoms with Crippen LogP contribution in [-0.2, 0) is 11.8 Å². The molecule has 0 N–H and O–H groups in total. The summed E-state index contributed by atoms with van der Waals surface area (Å²) in [6.45, 7) is 7.00. The molecule has 0 saturated heterocycles. The van der Waals surface area contributed by atoms with E-state index in [-0.39, 0.29) is 5.41 Å². The molecule has 11 aromatic rings. The minimum absolute atomic E-state index is 0.220. The molecule has 2 heterocycles. The molecule has 0 spiro atoms. The maximum atomic E-state index is 5.02. The number of hydrogen-bond acceptors (Lipinski definition) is 1. The van der Waals surface area contributed by atoms with Gasteiger partial charge in [-0.2, -0.15) is 0 Å². The molecule has 55 heavy (non-hydrogen) atoms. The van der Waals surface area contributed by atoms with Crippen LogP contribution in [0.2, 0.25) is 0 Å². The van der Waals surface area contributed by atoms with Gasteiger partial charge in [-0.25, -0.2) is 4.98 Å². The second-order valence-corrected chi connectivity index (χ2v) is 15.8. The van der Waals surface area contributed by atoms with Crippen LogP contribution in [0, 0.1) is 0 Å². The Morgan fingerprint density at radius 3 is 1.75 bits per heavy atom. The van der Waals surface area contributed by atoms with E-state index in [2.05, 4.69) is 188 Å². The largest absolute Gasteiger partial charge is 0.309 e. The predicted octanol–water partition coefficient (Wildman–Crippen LogP) is 13.6. The van der Waals surface area contributed by atoms with Crippen LogP contribution in [0.3, 0.4) is 0 Å². The lowest BCUT2D eigenvalue weighted by molar-refractivity contribution is 0.660. The van der Waals surface area contributed by atoms with Crippen molar-refractivity contribution in [2.75, 3.05) is 0 Å². The molecule has 0 fully saturated rings. The molecular weight excluding hydrogens is 667 g/mol. The van der Waals surface area contributed by atoms with Crippen molar-refractivity contribution in [1.29, 1.82) is 0 Å². The van der Waals surface area contributed by atoms with Crippen LogP contribution in [0.15, 0.2) is 158 Å². The van der Waals surface area contributed by atoms with Gasteiger partial charge in [0.25, 0.3) is 0 Å². The first kappa shape index (κ1) is 30.7. The summed E-state index contributed by atoms with van der Waals surface area (Å²) in [5.74, 6) is 1.09. The van der Waals surface area contributed by atoms with Crippen molar-refractivity contribution < 1.29 is 0 Å². The highest BCUT2D eigenvalue weighted by atomic mass is 15.1. The van der Waals surface area contributed by atoms with E-state index in [1.54, 1.807) is 0 Å². The zero-order chi connectivity index (χ0) is 36.6. The molecule has 0 unspecified atom stereocenters. The first-order chi connectivity index (χ1) is 27.0. The fourth-order valence-electron chi connectivity index (χ4n) is 10.2. The van der Waals surface area contributed by atoms with E-state index in [9.17, 15) is 0 Å². The van der Waals surface area contributed by atoms with E-state index in [1.165, 1.54) is 98.5 Å². The summed E-state index contributed by atoms with van der Waals surface area (Å²) in [5, 5.41) is 13.0. The first-order valence-electron chi connectivity index (χ1n) is 19.5. The van der Waals surface area contributed by atoms with Gasteiger partial charge >= 0.3 is 0 Å². The Morgan fingerprint density at radius 1 is 0.455 bits per heavy atom. The maximum Gasteiger partial charge on any atom is 0.114 e. The Bertz CT molecular complexity index is 3430. The molecule has 3 heteroatoms. The summed E-state index contributed by atoms with van der Waals surface area (Å²) in [4.78, 5) is 5.02. The average molecular weight is 704 g/mol. The van der Waals surface area contributed by atoms with Crippen molar-refractivity contribution >= 4 is 75.9 Å². The highest BCUT2D eigenvalue weighted by Crippen LogP contribution is 2.54. The summed E-state index contributed by atoms with van der Waals surface area (Å²) in [5.41, 5.74) is 12.2. The average Bonchev–Trinajstić information content (AvgIpc) is 3.85. The quantitative estimate of drug-likeness (QED) is 0.168. The third-order valence-electron chi connectivity index (χ3n) is 12.6. The van der Waals surface area contributed by atoms with E-state index in [0.29, 0.717) is 0 Å². The van der Waals surface area contributed by atoms with Gasteiger partial charge in [0, 0.05) is 44.8 Å². The minimum atomic E-state index is -0.220. The zero-order valence-electron chi connectivity index (χ0n) is 31.1. The van der Waals surface area contributed by atoms with Crippen LogP contribution in [0.5, 0.6) is 0 Å². The Morgan fingerprint density at radius 2 is 1.04 bits per heavy atom. The molecule has 12 rings (SSSR count). The summed E-state index contributed by atoms with van der Waals surface area (Å²) < 4.78 is 4.92. The summed E-state index contributed by atoms with van der Waals surface area (Å²) in [7, 11) is 0. The fraction of sp³-hybridized carbons (Fsp3) is 0.0962. The molecule has 0 amide bonds. The van der Waals surface area contributed by atoms with E-state index < -0.39 is 0 Å². The highest BCUT2D eigenvalue weighted by Gasteiger charge is 2.37. The molecule has 0 saturated carbocycles. The van der Waals surface area contributed by atoms with Gasteiger partial charge in [-0.1, -0.05) is 130 Å². The lowest BCUT2D eigenvalue weighted by Crippen LogP contribution is -2.15. The molecular formula is C52H37N3. The van der Waals surface area contributed by atoms with Crippen molar-refractivity contribution in [2.45, 2.75) is 32.6 Å². The predicted molar refractivity (Wildman–Crippen MR) is 232 cm³/mol. The lowest BCUT2D eigenvalue weighted by atomic mass is 9.82. The molecule has 1 aliphatic rings. The second-order valence-electron chi connectivity index (χ2n) is 15.8. The van der Waals surface area contributed by atoms with Gasteiger partial charge in [-0.3, -0.25) is 4.57 Å². The Balaban J connectivity index is 1.24. The lowest BCUT2D eigenvalue weighted by Gasteiger charge is -2.23. The van der Waals surface area contributed by atoms with Crippen molar-refractivity contribution in [3.63, 3.8) is 0 Å². The number of aryl methyl sites for hydroxylation is 1. The molecule has 0 aliphatic heterocycles. The van der Waals surface area contributed by atoms with E-state index in [1.807, 2.05) is 0 Å². The normalized spacial score (nSPS) is 13.6. The smallest absolute Gasteiger partial charge is 0.114 e. The van der Waals surface area contributed by atoms with E-state index in [4.69, 9.17) is 4.98 Å². The molecule has 260 valence electrons. The van der Waals surface area contributed by atoms with Gasteiger partial charge in [-0.15, -0.1) is 0 Å². The number of para-hydroxylation sites is 3. The van der Waals surface area contributed by atoms with Crippen LogP contribution < -0.4 is 0 Å². The van der Waals surface area contributed by atoms with Crippen molar-refractivity contribution in [3.8, 4) is 22.5 Å². The minimum Gasteiger partial charge on any atom is -0.309 e. The number of rotatable bonds is 3. The van der Waals surface area contributed by atoms with Crippen molar-refractivity contribution in [1.82, 2.24) is 14.1 Å². The number of fused-ring (bicyclic) bond motifs is 17. The Kier molecular flexibility index (Phi) is 6.10. The molecule has 0 bridgehead atoms. The molecule has 9 aromatic carbocycles. The topological polar surface area (TPSA) is 22.8 Å². The SMILES string of the molecule is CCc1nc2ccccc2n1-c1ccc2c(c1)C(C)(C)c1cc3c(cc1-2)c1c2ccccc2c2c4ccccc4c4ccccc4c2c1n3-c1ccccc1. The van der Waals surface area contributed by atoms with E-state index >= 15 is 0 Å². The third kappa shape index (κ3) is 3.97. The second kappa shape index (κ2) is 10.9. The molecule has 0 radical (unpaired) electrons. The number of aromatic nitrogens is 3. The maximum absolute atomic E-state index is 5.02. The Hall–Kier alpha value is -6.71. The standard InChI is InChI=1S/C52H37N3/c1-4-47-53-44-24-14-15-25-45(44)54(47)32-26-27-35-40-29-41-46(30-43(40)52(2,3)42(35)28-32)55(31-16-6-5-7-17-31)51-49(41)39-23-13-12-22-38(39)48-36-20-10-8-18-33(36)34-19-9-11-21-37(34)50(48)51/h5-30H,4H2,1-3H3. The summed E-state index contributed by atoms with van der Waals surface area (Å²) in [6, 6.07) is 58.7. The molecule has 0 atom stereocenters. The van der Waals surface area contributed by atoms with Crippen LogP contribution in [-0.4, -0.2) is 14.1 Å². The van der Waals surface area contributed by atoms with E-state index in [0.717, 1.165) is 23.3 Å². The van der Waals surface area contributed by atoms with Gasteiger partial charge in [-0.05, 0) is 103 Å². The van der Waals surface area contributed by atoms with Gasteiger partial charge in [0.2, 0.25) is 0 Å². The number of benzene rings is 9. The fourth-order valence-corrected chi connectivity index (χ4v) is 10.2. The van der Waals surface area contributed by atoms with Crippen molar-refractivity contribution in [2.24, 2.45) is 0 Å². The highest BCUT2D eigenvalue weighted by molar-refractivity contribution is 6.42. The van der Waals surface area contributed by atoms with Crippen LogP contribution in [0.1, 0.15) is 37.7 Å². The van der Waals surface area contributed by atoms with Crippen LogP contribution in [0.25, 0.3) is 98.4 Å². The van der Waals surface area contributed by atoms with Gasteiger partial charge < -0.3 is 4.57 Å². The van der Waals surface area contributed by atoms with Crippen LogP contribution in [0.4, 0.5) is 0 Å². The summed E-state index contributed by atoms with van der Waals surface area (Å²) in [6.07, 6.45) is 0.866. The van der Waals surface area contributed by atoms with Gasteiger partial charge in [0.1, 0.15) is 5.82 Å². The third-order valence-corrected chi connectivity index (χ3v) is 12.6. The van der Waals surface area contributed by atoms with Crippen LogP contribution >= 0.6 is 0 Å². The van der Waals surface area contributed by atoms with Gasteiger partial charge in [0.05, 0.1) is 22.1 Å². The molecule has 3 nitrogen and oxygen atoms in total. The van der Waals surface area contributed by atoms with Crippen molar-refractivity contribution in [3.05, 3.63) is 175 Å². The monoisotopic (exact) mass is 703 g/mol. The Labute approximate surface area is 318 Å². The summed E-state index contributed by atoms with van der Waals surface area (Å²) >= 11 is 0. The zero-order valence-corrected chi connectivity index (χ0v) is 31.1. The number of imidazole rings is 1. The molecule has 2 aromatic heterocycles. The number of hydrogen-bond donors (Lipinski definition) is 0. The van der Waals surface area contributed by atoms with Gasteiger partial charge in [0.15, 0.2) is 0 Å². The first-order valence-corrected chi connectivity index (χ1v) is 19.5. The molecule has 1 aliphatic carbocycles.